The van der Waals surface area contributed by atoms with E-state index >= 15 is 0 Å². The molecule has 1 aliphatic heterocycles. The highest BCUT2D eigenvalue weighted by Crippen LogP contribution is 2.39. The van der Waals surface area contributed by atoms with Gasteiger partial charge in [0.05, 0.1) is 11.2 Å². The third-order valence-electron chi connectivity index (χ3n) is 8.97. The summed E-state index contributed by atoms with van der Waals surface area (Å²) in [6, 6.07) is 21.0. The Labute approximate surface area is 235 Å². The summed E-state index contributed by atoms with van der Waals surface area (Å²) in [5.41, 5.74) is 12.3. The SMILES string of the molecule is CN1CCN(CC2CCC(c3nc(-c4ccc5ccc(-c6ccccc6)nc5c4)c4c(N)nccn34)CC2)CC1. The Balaban J connectivity index is 1.18. The third kappa shape index (κ3) is 4.84. The van der Waals surface area contributed by atoms with Crippen LogP contribution in [0.5, 0.6) is 0 Å². The molecule has 0 bridgehead atoms. The van der Waals surface area contributed by atoms with Crippen LogP contribution >= 0.6 is 0 Å². The summed E-state index contributed by atoms with van der Waals surface area (Å²) < 4.78 is 2.20. The number of hydrogen-bond donors (Lipinski definition) is 1. The van der Waals surface area contributed by atoms with Crippen LogP contribution in [0.25, 0.3) is 38.9 Å². The fourth-order valence-electron chi connectivity index (χ4n) is 6.61. The van der Waals surface area contributed by atoms with Crippen LogP contribution in [0.4, 0.5) is 5.82 Å². The number of nitrogens with zero attached hydrogens (tertiary/aromatic N) is 6. The minimum Gasteiger partial charge on any atom is -0.382 e. The summed E-state index contributed by atoms with van der Waals surface area (Å²) in [7, 11) is 2.23. The summed E-state index contributed by atoms with van der Waals surface area (Å²) in [6.07, 6.45) is 8.66. The maximum Gasteiger partial charge on any atom is 0.150 e. The Kier molecular flexibility index (Phi) is 6.69. The van der Waals surface area contributed by atoms with Crippen molar-refractivity contribution in [1.29, 1.82) is 0 Å². The maximum atomic E-state index is 6.49. The number of benzene rings is 2. The molecule has 2 fully saturated rings. The molecule has 1 saturated carbocycles. The number of aromatic nitrogens is 4. The van der Waals surface area contributed by atoms with Crippen LogP contribution in [0.3, 0.4) is 0 Å². The van der Waals surface area contributed by atoms with E-state index in [-0.39, 0.29) is 0 Å². The largest absolute Gasteiger partial charge is 0.382 e. The van der Waals surface area contributed by atoms with Gasteiger partial charge in [-0.1, -0.05) is 48.5 Å². The molecule has 2 aromatic carbocycles. The summed E-state index contributed by atoms with van der Waals surface area (Å²) in [5.74, 6) is 2.84. The fourth-order valence-corrected chi connectivity index (χ4v) is 6.61. The first-order valence-electron chi connectivity index (χ1n) is 14.6. The molecule has 0 radical (unpaired) electrons. The molecule has 0 unspecified atom stereocenters. The van der Waals surface area contributed by atoms with Crippen molar-refractivity contribution in [2.75, 3.05) is 45.5 Å². The van der Waals surface area contributed by atoms with E-state index in [0.717, 1.165) is 50.7 Å². The van der Waals surface area contributed by atoms with Gasteiger partial charge in [-0.3, -0.25) is 4.40 Å². The Morgan fingerprint density at radius 2 is 1.62 bits per heavy atom. The molecule has 5 aromatic rings. The number of piperazine rings is 1. The van der Waals surface area contributed by atoms with Crippen LogP contribution in [0.15, 0.2) is 73.1 Å². The lowest BCUT2D eigenvalue weighted by Gasteiger charge is -2.36. The van der Waals surface area contributed by atoms with Crippen molar-refractivity contribution in [3.05, 3.63) is 78.9 Å². The first-order chi connectivity index (χ1) is 19.6. The molecule has 7 heteroatoms. The molecular weight excluding hydrogens is 494 g/mol. The van der Waals surface area contributed by atoms with Crippen molar-refractivity contribution < 1.29 is 0 Å². The molecule has 0 atom stereocenters. The molecule has 7 nitrogen and oxygen atoms in total. The molecule has 3 aromatic heterocycles. The van der Waals surface area contributed by atoms with Crippen molar-refractivity contribution in [1.82, 2.24) is 29.2 Å². The number of fused-ring (bicyclic) bond motifs is 2. The molecule has 0 amide bonds. The Morgan fingerprint density at radius 1 is 0.850 bits per heavy atom. The number of pyridine rings is 1. The van der Waals surface area contributed by atoms with Gasteiger partial charge in [-0.25, -0.2) is 15.0 Å². The van der Waals surface area contributed by atoms with Gasteiger partial charge in [-0.05, 0) is 50.8 Å². The molecule has 40 heavy (non-hydrogen) atoms. The van der Waals surface area contributed by atoms with Gasteiger partial charge < -0.3 is 15.5 Å². The number of imidazole rings is 1. The van der Waals surface area contributed by atoms with E-state index in [1.54, 1.807) is 6.20 Å². The van der Waals surface area contributed by atoms with E-state index in [9.17, 15) is 0 Å². The fraction of sp³-hybridized carbons (Fsp3) is 0.364. The molecule has 2 aliphatic rings. The number of nitrogen functional groups attached to an aromatic ring is 1. The predicted molar refractivity (Wildman–Crippen MR) is 162 cm³/mol. The molecule has 0 spiro atoms. The maximum absolute atomic E-state index is 6.49. The quantitative estimate of drug-likeness (QED) is 0.313. The van der Waals surface area contributed by atoms with Crippen molar-refractivity contribution in [3.8, 4) is 22.5 Å². The van der Waals surface area contributed by atoms with Crippen LogP contribution in [0.1, 0.15) is 37.4 Å². The number of anilines is 1. The van der Waals surface area contributed by atoms with Crippen molar-refractivity contribution >= 4 is 22.2 Å². The van der Waals surface area contributed by atoms with Crippen molar-refractivity contribution in [2.24, 2.45) is 5.92 Å². The Bertz CT molecular complexity index is 1630. The highest BCUT2D eigenvalue weighted by Gasteiger charge is 2.29. The van der Waals surface area contributed by atoms with Crippen LogP contribution in [0.2, 0.25) is 0 Å². The molecule has 1 saturated heterocycles. The van der Waals surface area contributed by atoms with Crippen molar-refractivity contribution in [3.63, 3.8) is 0 Å². The summed E-state index contributed by atoms with van der Waals surface area (Å²) in [6.45, 7) is 6.01. The van der Waals surface area contributed by atoms with E-state index in [2.05, 4.69) is 68.7 Å². The third-order valence-corrected chi connectivity index (χ3v) is 8.97. The highest BCUT2D eigenvalue weighted by atomic mass is 15.2. The first-order valence-corrected chi connectivity index (χ1v) is 14.6. The summed E-state index contributed by atoms with van der Waals surface area (Å²) in [5, 5.41) is 1.11. The average Bonchev–Trinajstić information content (AvgIpc) is 3.40. The lowest BCUT2D eigenvalue weighted by atomic mass is 9.81. The minimum atomic E-state index is 0.426. The van der Waals surface area contributed by atoms with Gasteiger partial charge in [-0.15, -0.1) is 0 Å². The summed E-state index contributed by atoms with van der Waals surface area (Å²) in [4.78, 5) is 19.8. The Morgan fingerprint density at radius 3 is 2.42 bits per heavy atom. The molecule has 2 N–H and O–H groups in total. The second-order valence-electron chi connectivity index (χ2n) is 11.6. The van der Waals surface area contributed by atoms with E-state index in [4.69, 9.17) is 15.7 Å². The van der Waals surface area contributed by atoms with E-state index < -0.39 is 0 Å². The zero-order valence-corrected chi connectivity index (χ0v) is 23.2. The van der Waals surface area contributed by atoms with Crippen LogP contribution in [-0.2, 0) is 0 Å². The first kappa shape index (κ1) is 25.2. The topological polar surface area (TPSA) is 75.6 Å². The standard InChI is InChI=1S/C33H37N7/c1-38-17-19-39(20-18-38)22-23-7-9-26(10-8-23)33-37-30(31-32(34)35-15-16-40(31)33)27-12-11-25-13-14-28(36-29(25)21-27)24-5-3-2-4-6-24/h2-6,11-16,21,23,26H,7-10,17-20,22H2,1H3,(H2,34,35). The lowest BCUT2D eigenvalue weighted by molar-refractivity contribution is 0.123. The summed E-state index contributed by atoms with van der Waals surface area (Å²) >= 11 is 0. The van der Waals surface area contributed by atoms with E-state index in [0.29, 0.717) is 11.7 Å². The number of likely N-dealkylation sites (N-methyl/N-ethyl adjacent to an activating group) is 1. The average molecular weight is 532 g/mol. The van der Waals surface area contributed by atoms with Crippen molar-refractivity contribution in [2.45, 2.75) is 31.6 Å². The normalized spacial score (nSPS) is 20.8. The molecular formula is C33H37N7. The van der Waals surface area contributed by atoms with Crippen LogP contribution < -0.4 is 5.73 Å². The van der Waals surface area contributed by atoms with Gasteiger partial charge in [0.15, 0.2) is 0 Å². The lowest BCUT2D eigenvalue weighted by Crippen LogP contribution is -2.46. The monoisotopic (exact) mass is 531 g/mol. The highest BCUT2D eigenvalue weighted by molar-refractivity contribution is 5.91. The molecule has 7 rings (SSSR count). The van der Waals surface area contributed by atoms with Gasteiger partial charge in [0, 0.05) is 67.5 Å². The zero-order chi connectivity index (χ0) is 27.1. The van der Waals surface area contributed by atoms with E-state index in [1.165, 1.54) is 58.4 Å². The molecule has 1 aliphatic carbocycles. The van der Waals surface area contributed by atoms with E-state index in [1.807, 2.05) is 24.4 Å². The predicted octanol–water partition coefficient (Wildman–Crippen LogP) is 5.71. The molecule has 4 heterocycles. The van der Waals surface area contributed by atoms with Crippen LogP contribution in [0, 0.1) is 5.92 Å². The number of rotatable bonds is 5. The van der Waals surface area contributed by atoms with Gasteiger partial charge in [0.2, 0.25) is 0 Å². The zero-order valence-electron chi connectivity index (χ0n) is 23.2. The minimum absolute atomic E-state index is 0.426. The number of hydrogen-bond acceptors (Lipinski definition) is 6. The van der Waals surface area contributed by atoms with Gasteiger partial charge in [0.25, 0.3) is 0 Å². The Hall–Kier alpha value is -3.81. The van der Waals surface area contributed by atoms with Gasteiger partial charge in [-0.2, -0.15) is 0 Å². The molecule has 204 valence electrons. The second-order valence-corrected chi connectivity index (χ2v) is 11.6. The smallest absolute Gasteiger partial charge is 0.150 e. The number of nitrogens with two attached hydrogens (primary N) is 1. The van der Waals surface area contributed by atoms with Gasteiger partial charge in [0.1, 0.15) is 22.9 Å². The second kappa shape index (κ2) is 10.6. The van der Waals surface area contributed by atoms with Crippen LogP contribution in [-0.4, -0.2) is 68.9 Å². The van der Waals surface area contributed by atoms with Gasteiger partial charge >= 0.3 is 0 Å².